The fourth-order valence-corrected chi connectivity index (χ4v) is 3.16. The zero-order valence-corrected chi connectivity index (χ0v) is 13.7. The van der Waals surface area contributed by atoms with Crippen LogP contribution < -0.4 is 5.32 Å². The van der Waals surface area contributed by atoms with Gasteiger partial charge in [0.25, 0.3) is 0 Å². The van der Waals surface area contributed by atoms with Crippen molar-refractivity contribution in [3.8, 4) is 5.75 Å². The van der Waals surface area contributed by atoms with Gasteiger partial charge in [-0.1, -0.05) is 37.8 Å². The highest BCUT2D eigenvalue weighted by Crippen LogP contribution is 2.21. The van der Waals surface area contributed by atoms with Gasteiger partial charge in [0.1, 0.15) is 5.75 Å². The molecule has 0 spiro atoms. The van der Waals surface area contributed by atoms with Gasteiger partial charge < -0.3 is 15.3 Å². The second-order valence-electron chi connectivity index (χ2n) is 6.48. The summed E-state index contributed by atoms with van der Waals surface area (Å²) in [5, 5.41) is 12.4. The van der Waals surface area contributed by atoms with Gasteiger partial charge in [-0.2, -0.15) is 0 Å². The molecule has 1 fully saturated rings. The number of nitrogens with one attached hydrogen (secondary N) is 1. The third kappa shape index (κ3) is 4.93. The normalized spacial score (nSPS) is 17.5. The van der Waals surface area contributed by atoms with Crippen molar-refractivity contribution in [1.82, 2.24) is 10.2 Å². The van der Waals surface area contributed by atoms with E-state index in [4.69, 9.17) is 0 Å². The maximum Gasteiger partial charge on any atom is 0.317 e. The average Bonchev–Trinajstić information content (AvgIpc) is 2.78. The molecule has 1 saturated carbocycles. The lowest BCUT2D eigenvalue weighted by molar-refractivity contribution is 0.181. The van der Waals surface area contributed by atoms with Gasteiger partial charge in [0.15, 0.2) is 0 Å². The molecule has 0 bridgehead atoms. The number of rotatable bonds is 4. The number of hydrogen-bond acceptors (Lipinski definition) is 2. The van der Waals surface area contributed by atoms with Gasteiger partial charge in [0.2, 0.25) is 0 Å². The number of aromatic hydroxyl groups is 1. The van der Waals surface area contributed by atoms with Crippen LogP contribution in [0.25, 0.3) is 0 Å². The number of amides is 2. The van der Waals surface area contributed by atoms with Crippen LogP contribution in [-0.4, -0.2) is 35.2 Å². The van der Waals surface area contributed by atoms with Crippen molar-refractivity contribution in [2.45, 2.75) is 64.0 Å². The molecule has 0 saturated heterocycles. The van der Waals surface area contributed by atoms with Crippen molar-refractivity contribution in [2.24, 2.45) is 0 Å². The van der Waals surface area contributed by atoms with Crippen molar-refractivity contribution >= 4 is 6.03 Å². The van der Waals surface area contributed by atoms with Gasteiger partial charge in [-0.3, -0.25) is 0 Å². The Morgan fingerprint density at radius 1 is 1.23 bits per heavy atom. The van der Waals surface area contributed by atoms with Gasteiger partial charge in [-0.05, 0) is 43.9 Å². The number of carbonyl (C=O) groups excluding carboxylic acids is 1. The van der Waals surface area contributed by atoms with Crippen LogP contribution in [0.4, 0.5) is 4.79 Å². The molecule has 22 heavy (non-hydrogen) atoms. The molecule has 2 N–H and O–H groups in total. The van der Waals surface area contributed by atoms with E-state index in [2.05, 4.69) is 5.32 Å². The second-order valence-corrected chi connectivity index (χ2v) is 6.48. The topological polar surface area (TPSA) is 52.6 Å². The van der Waals surface area contributed by atoms with E-state index in [1.807, 2.05) is 31.0 Å². The van der Waals surface area contributed by atoms with E-state index < -0.39 is 0 Å². The van der Waals surface area contributed by atoms with E-state index in [0.717, 1.165) is 24.8 Å². The first-order valence-electron chi connectivity index (χ1n) is 8.37. The minimum Gasteiger partial charge on any atom is -0.508 e. The Morgan fingerprint density at radius 3 is 2.41 bits per heavy atom. The van der Waals surface area contributed by atoms with Gasteiger partial charge >= 0.3 is 6.03 Å². The first kappa shape index (κ1) is 16.7. The monoisotopic (exact) mass is 304 g/mol. The summed E-state index contributed by atoms with van der Waals surface area (Å²) in [7, 11) is 1.92. The molecule has 2 rings (SSSR count). The minimum absolute atomic E-state index is 0.0261. The number of hydrogen-bond donors (Lipinski definition) is 2. The van der Waals surface area contributed by atoms with E-state index in [-0.39, 0.29) is 17.8 Å². The summed E-state index contributed by atoms with van der Waals surface area (Å²) in [5.74, 6) is 0.272. The zero-order chi connectivity index (χ0) is 15.9. The summed E-state index contributed by atoms with van der Waals surface area (Å²) in [6.45, 7) is 2.02. The summed E-state index contributed by atoms with van der Waals surface area (Å²) in [6.07, 6.45) is 8.06. The van der Waals surface area contributed by atoms with Gasteiger partial charge in [0.05, 0.1) is 0 Å². The number of carbonyl (C=O) groups is 1. The predicted molar refractivity (Wildman–Crippen MR) is 89.1 cm³/mol. The quantitative estimate of drug-likeness (QED) is 0.834. The Hall–Kier alpha value is -1.71. The van der Waals surface area contributed by atoms with Gasteiger partial charge in [0, 0.05) is 19.1 Å². The van der Waals surface area contributed by atoms with Crippen LogP contribution in [0, 0.1) is 0 Å². The van der Waals surface area contributed by atoms with Crippen LogP contribution in [0.15, 0.2) is 24.3 Å². The van der Waals surface area contributed by atoms with E-state index in [9.17, 15) is 9.90 Å². The molecule has 1 atom stereocenters. The van der Waals surface area contributed by atoms with Crippen molar-refractivity contribution in [3.63, 3.8) is 0 Å². The molecule has 2 amide bonds. The number of nitrogens with zero attached hydrogens (tertiary/aromatic N) is 1. The molecule has 4 nitrogen and oxygen atoms in total. The van der Waals surface area contributed by atoms with Crippen LogP contribution in [0.2, 0.25) is 0 Å². The fourth-order valence-electron chi connectivity index (χ4n) is 3.16. The van der Waals surface area contributed by atoms with Crippen LogP contribution >= 0.6 is 0 Å². The molecule has 0 aliphatic heterocycles. The molecule has 1 aromatic carbocycles. The minimum atomic E-state index is 0.0261. The lowest BCUT2D eigenvalue weighted by Crippen LogP contribution is -2.47. The second kappa shape index (κ2) is 8.06. The number of benzene rings is 1. The average molecular weight is 304 g/mol. The Kier molecular flexibility index (Phi) is 6.10. The molecule has 0 radical (unpaired) electrons. The highest BCUT2D eigenvalue weighted by atomic mass is 16.3. The van der Waals surface area contributed by atoms with E-state index in [1.165, 1.54) is 25.7 Å². The lowest BCUT2D eigenvalue weighted by atomic mass is 10.1. The van der Waals surface area contributed by atoms with Crippen LogP contribution in [0.1, 0.15) is 51.0 Å². The van der Waals surface area contributed by atoms with E-state index >= 15 is 0 Å². The molecule has 122 valence electrons. The Bertz CT molecular complexity index is 464. The third-order valence-electron chi connectivity index (χ3n) is 4.54. The van der Waals surface area contributed by atoms with Crippen molar-refractivity contribution in [2.75, 3.05) is 7.05 Å². The molecule has 1 aliphatic carbocycles. The molecular formula is C18H28N2O2. The summed E-state index contributed by atoms with van der Waals surface area (Å²) < 4.78 is 0. The first-order chi connectivity index (χ1) is 10.6. The largest absolute Gasteiger partial charge is 0.508 e. The summed E-state index contributed by atoms with van der Waals surface area (Å²) in [4.78, 5) is 14.3. The summed E-state index contributed by atoms with van der Waals surface area (Å²) in [5.41, 5.74) is 1.11. The maximum atomic E-state index is 12.4. The molecule has 0 aromatic heterocycles. The van der Waals surface area contributed by atoms with Gasteiger partial charge in [-0.15, -0.1) is 0 Å². The third-order valence-corrected chi connectivity index (χ3v) is 4.54. The SMILES string of the molecule is C[C@@H](Cc1ccc(O)cc1)NC(=O)N(C)C1CCCCCC1. The van der Waals surface area contributed by atoms with Crippen molar-refractivity contribution < 1.29 is 9.90 Å². The zero-order valence-electron chi connectivity index (χ0n) is 13.7. The summed E-state index contributed by atoms with van der Waals surface area (Å²) >= 11 is 0. The van der Waals surface area contributed by atoms with E-state index in [0.29, 0.717) is 6.04 Å². The Labute approximate surface area is 133 Å². The smallest absolute Gasteiger partial charge is 0.317 e. The predicted octanol–water partition coefficient (Wildman–Crippen LogP) is 3.69. The highest BCUT2D eigenvalue weighted by molar-refractivity contribution is 5.74. The maximum absolute atomic E-state index is 12.4. The van der Waals surface area contributed by atoms with Gasteiger partial charge in [-0.25, -0.2) is 4.79 Å². The number of urea groups is 1. The number of phenolic OH excluding ortho intramolecular Hbond substituents is 1. The molecule has 1 aliphatic rings. The standard InChI is InChI=1S/C18H28N2O2/c1-14(13-15-9-11-17(21)12-10-15)19-18(22)20(2)16-7-5-3-4-6-8-16/h9-12,14,16,21H,3-8,13H2,1-2H3,(H,19,22)/t14-/m0/s1. The Morgan fingerprint density at radius 2 is 1.82 bits per heavy atom. The Balaban J connectivity index is 1.83. The molecule has 0 unspecified atom stereocenters. The van der Waals surface area contributed by atoms with Crippen LogP contribution in [0.5, 0.6) is 5.75 Å². The van der Waals surface area contributed by atoms with Crippen LogP contribution in [0.3, 0.4) is 0 Å². The first-order valence-corrected chi connectivity index (χ1v) is 8.37. The number of phenols is 1. The molecular weight excluding hydrogens is 276 g/mol. The van der Waals surface area contributed by atoms with Crippen molar-refractivity contribution in [3.05, 3.63) is 29.8 Å². The summed E-state index contributed by atoms with van der Waals surface area (Å²) in [6, 6.07) is 7.63. The van der Waals surface area contributed by atoms with E-state index in [1.54, 1.807) is 12.1 Å². The lowest BCUT2D eigenvalue weighted by Gasteiger charge is -2.29. The molecule has 4 heteroatoms. The van der Waals surface area contributed by atoms with Crippen LogP contribution in [-0.2, 0) is 6.42 Å². The molecule has 1 aromatic rings. The highest BCUT2D eigenvalue weighted by Gasteiger charge is 2.22. The van der Waals surface area contributed by atoms with Crippen molar-refractivity contribution in [1.29, 1.82) is 0 Å². The molecule has 0 heterocycles. The fraction of sp³-hybridized carbons (Fsp3) is 0.611.